The molecular formula is C34H37ClFN3O3. The van der Waals surface area contributed by atoms with Gasteiger partial charge in [0.2, 0.25) is 0 Å². The van der Waals surface area contributed by atoms with Crippen LogP contribution in [-0.4, -0.2) is 53.7 Å². The lowest BCUT2D eigenvalue weighted by Gasteiger charge is -2.35. The highest BCUT2D eigenvalue weighted by atomic mass is 35.5. The molecule has 0 spiro atoms. The standard InChI is InChI=1S/C34H37ClFN3O3/c35-25-9-16-31-30(23-25)29-17-21-39(34(40)42-28-14-10-26(36)11-15-28)33(32(29)37-31)24-7-12-27(13-8-24)41-22-6-2-1-3-18-38-19-4-5-20-38/h7-16,23,33,37H,1-6,17-22H2. The summed E-state index contributed by atoms with van der Waals surface area (Å²) in [5.74, 6) is 0.733. The summed E-state index contributed by atoms with van der Waals surface area (Å²) in [6.07, 6.45) is 7.58. The monoisotopic (exact) mass is 589 g/mol. The lowest BCUT2D eigenvalue weighted by Crippen LogP contribution is -2.42. The molecule has 220 valence electrons. The van der Waals surface area contributed by atoms with E-state index in [1.807, 2.05) is 42.5 Å². The predicted octanol–water partition coefficient (Wildman–Crippen LogP) is 8.14. The summed E-state index contributed by atoms with van der Waals surface area (Å²) in [4.78, 5) is 21.3. The molecule has 2 aliphatic rings. The van der Waals surface area contributed by atoms with E-state index in [9.17, 15) is 9.18 Å². The highest BCUT2D eigenvalue weighted by Gasteiger charge is 2.35. The van der Waals surface area contributed by atoms with Gasteiger partial charge >= 0.3 is 6.09 Å². The normalized spacial score (nSPS) is 17.0. The number of aromatic nitrogens is 1. The molecule has 3 aromatic carbocycles. The summed E-state index contributed by atoms with van der Waals surface area (Å²) in [5.41, 5.74) is 4.01. The van der Waals surface area contributed by atoms with Gasteiger partial charge in [0.25, 0.3) is 0 Å². The van der Waals surface area contributed by atoms with E-state index in [1.165, 1.54) is 76.0 Å². The van der Waals surface area contributed by atoms with Crippen LogP contribution in [0.1, 0.15) is 61.4 Å². The maximum Gasteiger partial charge on any atom is 0.416 e. The SMILES string of the molecule is O=C(Oc1ccc(F)cc1)N1CCc2c([nH]c3ccc(Cl)cc23)C1c1ccc(OCCCCCCN2CCCC2)cc1. The highest BCUT2D eigenvalue weighted by Crippen LogP contribution is 2.40. The van der Waals surface area contributed by atoms with Gasteiger partial charge in [-0.3, -0.25) is 4.90 Å². The van der Waals surface area contributed by atoms with Crippen LogP contribution in [0.5, 0.6) is 11.5 Å². The minimum absolute atomic E-state index is 0.300. The largest absolute Gasteiger partial charge is 0.494 e. The van der Waals surface area contributed by atoms with Gasteiger partial charge in [-0.15, -0.1) is 0 Å². The van der Waals surface area contributed by atoms with Crippen molar-refractivity contribution in [3.63, 3.8) is 0 Å². The molecule has 1 fully saturated rings. The number of fused-ring (bicyclic) bond motifs is 3. The molecule has 0 aliphatic carbocycles. The van der Waals surface area contributed by atoms with Gasteiger partial charge in [0, 0.05) is 28.2 Å². The summed E-state index contributed by atoms with van der Waals surface area (Å²) in [5, 5.41) is 1.74. The molecule has 2 aliphatic heterocycles. The highest BCUT2D eigenvalue weighted by molar-refractivity contribution is 6.31. The van der Waals surface area contributed by atoms with Gasteiger partial charge in [-0.1, -0.05) is 36.6 Å². The van der Waals surface area contributed by atoms with Crippen molar-refractivity contribution < 1.29 is 18.7 Å². The van der Waals surface area contributed by atoms with E-state index in [1.54, 1.807) is 4.90 Å². The number of carbonyl (C=O) groups excluding carboxylic acids is 1. The van der Waals surface area contributed by atoms with Crippen molar-refractivity contribution in [3.05, 3.63) is 94.4 Å². The van der Waals surface area contributed by atoms with E-state index in [4.69, 9.17) is 21.1 Å². The minimum atomic E-state index is -0.487. The molecule has 0 bridgehead atoms. The Morgan fingerprint density at radius 1 is 0.905 bits per heavy atom. The summed E-state index contributed by atoms with van der Waals surface area (Å²) < 4.78 is 25.1. The van der Waals surface area contributed by atoms with Crippen molar-refractivity contribution in [3.8, 4) is 11.5 Å². The Kier molecular flexibility index (Phi) is 8.96. The first-order valence-corrected chi connectivity index (χ1v) is 15.4. The van der Waals surface area contributed by atoms with E-state index in [0.29, 0.717) is 30.3 Å². The zero-order valence-electron chi connectivity index (χ0n) is 23.8. The third-order valence-corrected chi connectivity index (χ3v) is 8.61. The zero-order chi connectivity index (χ0) is 28.9. The number of benzene rings is 3. The molecular weight excluding hydrogens is 553 g/mol. The summed E-state index contributed by atoms with van der Waals surface area (Å²) in [6.45, 7) is 4.91. The molecule has 3 heterocycles. The average Bonchev–Trinajstić information content (AvgIpc) is 3.65. The maximum atomic E-state index is 13.5. The first-order chi connectivity index (χ1) is 20.5. The first-order valence-electron chi connectivity index (χ1n) is 15.0. The van der Waals surface area contributed by atoms with E-state index in [-0.39, 0.29) is 5.82 Å². The van der Waals surface area contributed by atoms with Gasteiger partial charge < -0.3 is 19.4 Å². The van der Waals surface area contributed by atoms with E-state index >= 15 is 0 Å². The van der Waals surface area contributed by atoms with Gasteiger partial charge in [0.1, 0.15) is 23.4 Å². The number of rotatable bonds is 10. The third-order valence-electron chi connectivity index (χ3n) is 8.37. The molecule has 0 radical (unpaired) electrons. The molecule has 4 aromatic rings. The van der Waals surface area contributed by atoms with Gasteiger partial charge in [0.05, 0.1) is 6.61 Å². The van der Waals surface area contributed by atoms with Crippen molar-refractivity contribution in [2.75, 3.05) is 32.8 Å². The van der Waals surface area contributed by atoms with Crippen molar-refractivity contribution in [2.24, 2.45) is 0 Å². The number of nitrogens with zero attached hydrogens (tertiary/aromatic N) is 2. The van der Waals surface area contributed by atoms with Crippen LogP contribution in [0.2, 0.25) is 5.02 Å². The van der Waals surface area contributed by atoms with E-state index in [0.717, 1.165) is 39.9 Å². The topological polar surface area (TPSA) is 57.8 Å². The molecule has 42 heavy (non-hydrogen) atoms. The Hall–Kier alpha value is -3.55. The number of halogens is 2. The lowest BCUT2D eigenvalue weighted by atomic mass is 9.92. The van der Waals surface area contributed by atoms with E-state index < -0.39 is 12.1 Å². The zero-order valence-corrected chi connectivity index (χ0v) is 24.5. The number of likely N-dealkylation sites (tertiary alicyclic amines) is 1. The van der Waals surface area contributed by atoms with Gasteiger partial charge in [-0.05, 0) is 117 Å². The van der Waals surface area contributed by atoms with Crippen molar-refractivity contribution in [2.45, 2.75) is 51.0 Å². The summed E-state index contributed by atoms with van der Waals surface area (Å²) in [6, 6.07) is 18.9. The number of unbranched alkanes of at least 4 members (excludes halogenated alkanes) is 3. The van der Waals surface area contributed by atoms with Crippen LogP contribution in [0.4, 0.5) is 9.18 Å². The van der Waals surface area contributed by atoms with Crippen LogP contribution < -0.4 is 9.47 Å². The molecule has 6 rings (SSSR count). The number of H-pyrrole nitrogens is 1. The van der Waals surface area contributed by atoms with Crippen LogP contribution >= 0.6 is 11.6 Å². The molecule has 1 unspecified atom stereocenters. The number of aromatic amines is 1. The number of ether oxygens (including phenoxy) is 2. The van der Waals surface area contributed by atoms with Crippen LogP contribution in [0.15, 0.2) is 66.7 Å². The van der Waals surface area contributed by atoms with Crippen LogP contribution in [0.25, 0.3) is 10.9 Å². The van der Waals surface area contributed by atoms with Crippen LogP contribution in [0.3, 0.4) is 0 Å². The second-order valence-corrected chi connectivity index (χ2v) is 11.7. The van der Waals surface area contributed by atoms with Crippen LogP contribution in [-0.2, 0) is 6.42 Å². The summed E-state index contributed by atoms with van der Waals surface area (Å²) >= 11 is 6.33. The third kappa shape index (κ3) is 6.58. The number of hydrogen-bond donors (Lipinski definition) is 1. The number of amides is 1. The fraction of sp³-hybridized carbons (Fsp3) is 0.382. The molecule has 0 saturated carbocycles. The Bertz CT molecular complexity index is 1500. The molecule has 1 N–H and O–H groups in total. The van der Waals surface area contributed by atoms with Crippen molar-refractivity contribution >= 4 is 28.6 Å². The second-order valence-electron chi connectivity index (χ2n) is 11.3. The number of carbonyl (C=O) groups is 1. The smallest absolute Gasteiger partial charge is 0.416 e. The Balaban J connectivity index is 1.14. The maximum absolute atomic E-state index is 13.5. The van der Waals surface area contributed by atoms with Crippen LogP contribution in [0, 0.1) is 5.82 Å². The minimum Gasteiger partial charge on any atom is -0.494 e. The predicted molar refractivity (Wildman–Crippen MR) is 164 cm³/mol. The fourth-order valence-electron chi connectivity index (χ4n) is 6.20. The van der Waals surface area contributed by atoms with Crippen molar-refractivity contribution in [1.82, 2.24) is 14.8 Å². The quantitative estimate of drug-likeness (QED) is 0.190. The molecule has 1 atom stereocenters. The summed E-state index contributed by atoms with van der Waals surface area (Å²) in [7, 11) is 0. The Morgan fingerprint density at radius 3 is 2.43 bits per heavy atom. The van der Waals surface area contributed by atoms with Gasteiger partial charge in [0.15, 0.2) is 0 Å². The first kappa shape index (κ1) is 28.6. The molecule has 1 amide bonds. The molecule has 6 nitrogen and oxygen atoms in total. The van der Waals surface area contributed by atoms with Gasteiger partial charge in [-0.25, -0.2) is 9.18 Å². The number of nitrogens with one attached hydrogen (secondary N) is 1. The van der Waals surface area contributed by atoms with E-state index in [2.05, 4.69) is 9.88 Å². The second kappa shape index (κ2) is 13.2. The molecule has 8 heteroatoms. The fourth-order valence-corrected chi connectivity index (χ4v) is 6.37. The number of hydrogen-bond acceptors (Lipinski definition) is 4. The lowest BCUT2D eigenvalue weighted by molar-refractivity contribution is 0.135. The van der Waals surface area contributed by atoms with Crippen molar-refractivity contribution in [1.29, 1.82) is 0 Å². The van der Waals surface area contributed by atoms with Gasteiger partial charge in [-0.2, -0.15) is 0 Å². The molecule has 1 saturated heterocycles. The Labute approximate surface area is 251 Å². The average molecular weight is 590 g/mol. The molecule has 1 aromatic heterocycles. The Morgan fingerprint density at radius 2 is 1.64 bits per heavy atom.